The number of carbonyl (C=O) groups is 1. The van der Waals surface area contributed by atoms with Crippen LogP contribution in [0.5, 0.6) is 0 Å². The predicted molar refractivity (Wildman–Crippen MR) is 59.0 cm³/mol. The first-order valence-electron chi connectivity index (χ1n) is 5.37. The molecule has 0 unspecified atom stereocenters. The average Bonchev–Trinajstić information content (AvgIpc) is 2.08. The molecule has 14 heavy (non-hydrogen) atoms. The van der Waals surface area contributed by atoms with Crippen molar-refractivity contribution in [2.45, 2.75) is 52.5 Å². The first kappa shape index (κ1) is 11.3. The molecule has 80 valence electrons. The van der Waals surface area contributed by atoms with Crippen molar-refractivity contribution < 1.29 is 4.79 Å². The monoisotopic (exact) mass is 195 g/mol. The molecule has 1 fully saturated rings. The number of hydrogen-bond acceptors (Lipinski definition) is 1. The third-order valence-corrected chi connectivity index (χ3v) is 3.06. The van der Waals surface area contributed by atoms with E-state index in [1.165, 1.54) is 12.8 Å². The summed E-state index contributed by atoms with van der Waals surface area (Å²) in [6.45, 7) is 9.98. The van der Waals surface area contributed by atoms with Crippen LogP contribution in [0.4, 0.5) is 0 Å². The van der Waals surface area contributed by atoms with Crippen LogP contribution in [0.1, 0.15) is 46.5 Å². The van der Waals surface area contributed by atoms with E-state index in [1.807, 2.05) is 0 Å². The molecule has 0 aromatic rings. The summed E-state index contributed by atoms with van der Waals surface area (Å²) < 4.78 is 0. The van der Waals surface area contributed by atoms with E-state index in [-0.39, 0.29) is 5.91 Å². The Labute approximate surface area is 86.8 Å². The van der Waals surface area contributed by atoms with Crippen LogP contribution in [0.3, 0.4) is 0 Å². The van der Waals surface area contributed by atoms with E-state index in [4.69, 9.17) is 0 Å². The van der Waals surface area contributed by atoms with Crippen LogP contribution in [-0.4, -0.2) is 11.9 Å². The lowest BCUT2D eigenvalue weighted by molar-refractivity contribution is -0.118. The van der Waals surface area contributed by atoms with E-state index in [0.717, 1.165) is 12.8 Å². The first-order valence-corrected chi connectivity index (χ1v) is 5.37. The van der Waals surface area contributed by atoms with Gasteiger partial charge in [-0.15, -0.1) is 0 Å². The predicted octanol–water partition coefficient (Wildman–Crippen LogP) is 2.65. The van der Waals surface area contributed by atoms with Gasteiger partial charge in [-0.2, -0.15) is 0 Å². The van der Waals surface area contributed by atoms with Crippen molar-refractivity contribution in [3.63, 3.8) is 0 Å². The molecule has 1 saturated carbocycles. The lowest BCUT2D eigenvalue weighted by Crippen LogP contribution is -2.39. The molecular weight excluding hydrogens is 174 g/mol. The third kappa shape index (κ3) is 3.17. The second-order valence-corrected chi connectivity index (χ2v) is 5.19. The van der Waals surface area contributed by atoms with E-state index in [2.05, 4.69) is 25.7 Å². The van der Waals surface area contributed by atoms with Crippen LogP contribution >= 0.6 is 0 Å². The Morgan fingerprint density at radius 3 is 2.29 bits per heavy atom. The highest BCUT2D eigenvalue weighted by atomic mass is 16.1. The van der Waals surface area contributed by atoms with Crippen LogP contribution in [0.2, 0.25) is 0 Å². The topological polar surface area (TPSA) is 29.1 Å². The number of rotatable bonds is 2. The van der Waals surface area contributed by atoms with E-state index >= 15 is 0 Å². The van der Waals surface area contributed by atoms with E-state index in [1.54, 1.807) is 6.92 Å². The Morgan fingerprint density at radius 2 is 1.86 bits per heavy atom. The molecule has 0 aliphatic heterocycles. The Morgan fingerprint density at radius 1 is 1.36 bits per heavy atom. The quantitative estimate of drug-likeness (QED) is 0.674. The molecule has 0 saturated heterocycles. The van der Waals surface area contributed by atoms with E-state index in [9.17, 15) is 4.79 Å². The van der Waals surface area contributed by atoms with Gasteiger partial charge in [0, 0.05) is 11.6 Å². The maximum atomic E-state index is 11.4. The van der Waals surface area contributed by atoms with Gasteiger partial charge in [0.1, 0.15) is 0 Å². The second-order valence-electron chi connectivity index (χ2n) is 5.19. The minimum Gasteiger partial charge on any atom is -0.350 e. The summed E-state index contributed by atoms with van der Waals surface area (Å²) >= 11 is 0. The zero-order valence-corrected chi connectivity index (χ0v) is 9.52. The van der Waals surface area contributed by atoms with Gasteiger partial charge in [0.15, 0.2) is 0 Å². The molecule has 0 bridgehead atoms. The van der Waals surface area contributed by atoms with Crippen LogP contribution in [-0.2, 0) is 4.79 Å². The summed E-state index contributed by atoms with van der Waals surface area (Å²) in [4.78, 5) is 11.4. The fourth-order valence-corrected chi connectivity index (χ4v) is 1.85. The van der Waals surface area contributed by atoms with E-state index in [0.29, 0.717) is 17.0 Å². The molecule has 1 aliphatic carbocycles. The Kier molecular flexibility index (Phi) is 3.35. The minimum atomic E-state index is 0.00899. The third-order valence-electron chi connectivity index (χ3n) is 3.06. The lowest BCUT2D eigenvalue weighted by Gasteiger charge is -2.34. The van der Waals surface area contributed by atoms with Crippen LogP contribution in [0, 0.1) is 5.41 Å². The SMILES string of the molecule is C=C(C)C(=O)NC1CCC(C)(C)CC1. The average molecular weight is 195 g/mol. The maximum Gasteiger partial charge on any atom is 0.246 e. The van der Waals surface area contributed by atoms with Gasteiger partial charge in [-0.3, -0.25) is 4.79 Å². The summed E-state index contributed by atoms with van der Waals surface area (Å²) in [5.74, 6) is 0.00899. The van der Waals surface area contributed by atoms with Crippen molar-refractivity contribution in [3.8, 4) is 0 Å². The molecule has 0 atom stereocenters. The number of nitrogens with one attached hydrogen (secondary N) is 1. The van der Waals surface area contributed by atoms with Gasteiger partial charge >= 0.3 is 0 Å². The fraction of sp³-hybridized carbons (Fsp3) is 0.750. The lowest BCUT2D eigenvalue weighted by atomic mass is 9.75. The summed E-state index contributed by atoms with van der Waals surface area (Å²) in [7, 11) is 0. The molecule has 2 heteroatoms. The largest absolute Gasteiger partial charge is 0.350 e. The van der Waals surface area contributed by atoms with E-state index < -0.39 is 0 Å². The summed E-state index contributed by atoms with van der Waals surface area (Å²) in [6.07, 6.45) is 4.61. The zero-order valence-electron chi connectivity index (χ0n) is 9.52. The van der Waals surface area contributed by atoms with Crippen molar-refractivity contribution in [2.75, 3.05) is 0 Å². The highest BCUT2D eigenvalue weighted by Crippen LogP contribution is 2.34. The van der Waals surface area contributed by atoms with Crippen molar-refractivity contribution >= 4 is 5.91 Å². The van der Waals surface area contributed by atoms with Gasteiger partial charge < -0.3 is 5.32 Å². The van der Waals surface area contributed by atoms with Gasteiger partial charge in [0.25, 0.3) is 0 Å². The normalized spacial score (nSPS) is 21.6. The Balaban J connectivity index is 2.36. The smallest absolute Gasteiger partial charge is 0.246 e. The Hall–Kier alpha value is -0.790. The van der Waals surface area contributed by atoms with Crippen molar-refractivity contribution in [1.82, 2.24) is 5.32 Å². The number of carbonyl (C=O) groups excluding carboxylic acids is 1. The molecule has 1 N–H and O–H groups in total. The standard InChI is InChI=1S/C12H21NO/c1-9(2)11(14)13-10-5-7-12(3,4)8-6-10/h10H,1,5-8H2,2-4H3,(H,13,14). The minimum absolute atomic E-state index is 0.00899. The molecule has 0 radical (unpaired) electrons. The second kappa shape index (κ2) is 4.16. The van der Waals surface area contributed by atoms with Crippen molar-refractivity contribution in [2.24, 2.45) is 5.41 Å². The summed E-state index contributed by atoms with van der Waals surface area (Å²) in [5, 5.41) is 3.02. The van der Waals surface area contributed by atoms with Gasteiger partial charge in [-0.1, -0.05) is 20.4 Å². The van der Waals surface area contributed by atoms with Crippen LogP contribution in [0.15, 0.2) is 12.2 Å². The van der Waals surface area contributed by atoms with Crippen molar-refractivity contribution in [1.29, 1.82) is 0 Å². The molecule has 0 aromatic heterocycles. The molecule has 1 amide bonds. The number of amides is 1. The summed E-state index contributed by atoms with van der Waals surface area (Å²) in [6, 6.07) is 0.368. The van der Waals surface area contributed by atoms with Crippen LogP contribution < -0.4 is 5.32 Å². The Bertz CT molecular complexity index is 233. The molecule has 1 aliphatic rings. The summed E-state index contributed by atoms with van der Waals surface area (Å²) in [5.41, 5.74) is 1.07. The van der Waals surface area contributed by atoms with Gasteiger partial charge in [-0.05, 0) is 38.0 Å². The maximum absolute atomic E-state index is 11.4. The number of hydrogen-bond donors (Lipinski definition) is 1. The zero-order chi connectivity index (χ0) is 10.8. The van der Waals surface area contributed by atoms with Crippen LogP contribution in [0.25, 0.3) is 0 Å². The molecule has 0 heterocycles. The van der Waals surface area contributed by atoms with Gasteiger partial charge in [-0.25, -0.2) is 0 Å². The molecule has 0 aromatic carbocycles. The molecule has 2 nitrogen and oxygen atoms in total. The molecular formula is C12H21NO. The highest BCUT2D eigenvalue weighted by Gasteiger charge is 2.27. The fourth-order valence-electron chi connectivity index (χ4n) is 1.85. The molecule has 0 spiro atoms. The first-order chi connectivity index (χ1) is 6.41. The highest BCUT2D eigenvalue weighted by molar-refractivity contribution is 5.92. The van der Waals surface area contributed by atoms with Crippen molar-refractivity contribution in [3.05, 3.63) is 12.2 Å². The van der Waals surface area contributed by atoms with Gasteiger partial charge in [0.05, 0.1) is 0 Å². The van der Waals surface area contributed by atoms with Gasteiger partial charge in [0.2, 0.25) is 5.91 Å². The molecule has 1 rings (SSSR count).